The second kappa shape index (κ2) is 9.82. The van der Waals surface area contributed by atoms with Crippen molar-refractivity contribution in [2.75, 3.05) is 51.7 Å². The van der Waals surface area contributed by atoms with Crippen LogP contribution in [-0.2, 0) is 12.7 Å². The van der Waals surface area contributed by atoms with Gasteiger partial charge >= 0.3 is 6.18 Å². The minimum absolute atomic E-state index is 0.289. The Morgan fingerprint density at radius 3 is 2.44 bits per heavy atom. The third-order valence-electron chi connectivity index (χ3n) is 4.74. The van der Waals surface area contributed by atoms with Crippen molar-refractivity contribution < 1.29 is 13.2 Å². The quantitative estimate of drug-likeness (QED) is 0.449. The van der Waals surface area contributed by atoms with Crippen molar-refractivity contribution in [3.63, 3.8) is 0 Å². The molecule has 0 unspecified atom stereocenters. The van der Waals surface area contributed by atoms with Crippen LogP contribution in [0.2, 0.25) is 0 Å². The van der Waals surface area contributed by atoms with Gasteiger partial charge in [-0.15, -0.1) is 0 Å². The molecule has 1 heterocycles. The Morgan fingerprint density at radius 2 is 1.85 bits per heavy atom. The first-order valence-corrected chi connectivity index (χ1v) is 9.43. The number of alkyl halides is 3. The summed E-state index contributed by atoms with van der Waals surface area (Å²) in [6, 6.07) is 4.02. The number of hydrogen-bond donors (Lipinski definition) is 2. The molecule has 0 atom stereocenters. The molecule has 1 aliphatic heterocycles. The molecule has 8 heteroatoms. The minimum Gasteiger partial charge on any atom is -0.369 e. The molecule has 1 fully saturated rings. The normalized spacial score (nSPS) is 16.5. The van der Waals surface area contributed by atoms with Crippen molar-refractivity contribution in [3.8, 4) is 0 Å². The second-order valence-corrected chi connectivity index (χ2v) is 6.84. The Balaban J connectivity index is 2.17. The monoisotopic (exact) mass is 385 g/mol. The number of hydrogen-bond acceptors (Lipinski definition) is 3. The van der Waals surface area contributed by atoms with E-state index >= 15 is 0 Å². The maximum absolute atomic E-state index is 13.2. The van der Waals surface area contributed by atoms with Crippen LogP contribution in [0.15, 0.2) is 23.2 Å². The molecule has 0 bridgehead atoms. The van der Waals surface area contributed by atoms with Gasteiger partial charge in [-0.25, -0.2) is 0 Å². The molecule has 2 N–H and O–H groups in total. The molecule has 0 aromatic heterocycles. The number of aliphatic imine (C=N–C) groups is 1. The average Bonchev–Trinajstić information content (AvgIpc) is 2.64. The molecule has 152 valence electrons. The first-order valence-electron chi connectivity index (χ1n) is 9.43. The fourth-order valence-corrected chi connectivity index (χ4v) is 3.04. The van der Waals surface area contributed by atoms with E-state index in [2.05, 4.69) is 39.4 Å². The Morgan fingerprint density at radius 1 is 1.15 bits per heavy atom. The van der Waals surface area contributed by atoms with Crippen LogP contribution in [0.25, 0.3) is 0 Å². The molecule has 0 saturated carbocycles. The zero-order valence-corrected chi connectivity index (χ0v) is 16.4. The van der Waals surface area contributed by atoms with Crippen LogP contribution < -0.4 is 15.5 Å². The third kappa shape index (κ3) is 6.30. The number of nitrogens with zero attached hydrogens (tertiary/aromatic N) is 3. The second-order valence-electron chi connectivity index (χ2n) is 6.84. The summed E-state index contributed by atoms with van der Waals surface area (Å²) >= 11 is 0. The van der Waals surface area contributed by atoms with Gasteiger partial charge in [0.15, 0.2) is 5.96 Å². The lowest BCUT2D eigenvalue weighted by atomic mass is 10.1. The predicted molar refractivity (Wildman–Crippen MR) is 104 cm³/mol. The lowest BCUT2D eigenvalue weighted by Crippen LogP contribution is -2.45. The van der Waals surface area contributed by atoms with Crippen LogP contribution in [0, 0.1) is 0 Å². The van der Waals surface area contributed by atoms with E-state index in [0.29, 0.717) is 11.5 Å². The molecule has 0 radical (unpaired) electrons. The first-order chi connectivity index (χ1) is 12.8. The molecule has 1 aromatic rings. The van der Waals surface area contributed by atoms with Crippen molar-refractivity contribution in [2.24, 2.45) is 4.99 Å². The fraction of sp³-hybridized carbons (Fsp3) is 0.632. The van der Waals surface area contributed by atoms with Gasteiger partial charge in [0.1, 0.15) is 0 Å². The number of rotatable bonds is 6. The lowest BCUT2D eigenvalue weighted by molar-refractivity contribution is -0.137. The molecule has 0 spiro atoms. The highest BCUT2D eigenvalue weighted by molar-refractivity contribution is 5.79. The fourth-order valence-electron chi connectivity index (χ4n) is 3.04. The van der Waals surface area contributed by atoms with Crippen LogP contribution in [0.3, 0.4) is 0 Å². The Hall–Kier alpha value is -1.96. The van der Waals surface area contributed by atoms with Crippen molar-refractivity contribution in [3.05, 3.63) is 29.3 Å². The van der Waals surface area contributed by atoms with E-state index in [1.807, 2.05) is 0 Å². The summed E-state index contributed by atoms with van der Waals surface area (Å²) in [6.45, 7) is 6.57. The van der Waals surface area contributed by atoms with Crippen LogP contribution in [0.5, 0.6) is 0 Å². The maximum atomic E-state index is 13.2. The van der Waals surface area contributed by atoms with Crippen molar-refractivity contribution >= 4 is 11.6 Å². The SMILES string of the molecule is CCCCNC(=NC)NCc1cc(C(F)(F)F)ccc1N1CCN(C)CC1. The van der Waals surface area contributed by atoms with Crippen LogP contribution in [-0.4, -0.2) is 57.7 Å². The van der Waals surface area contributed by atoms with Crippen LogP contribution in [0.4, 0.5) is 18.9 Å². The molecule has 2 rings (SSSR count). The van der Waals surface area contributed by atoms with Crippen LogP contribution in [0.1, 0.15) is 30.9 Å². The van der Waals surface area contributed by atoms with Gasteiger partial charge in [0.2, 0.25) is 0 Å². The summed E-state index contributed by atoms with van der Waals surface area (Å²) < 4.78 is 39.6. The molecule has 27 heavy (non-hydrogen) atoms. The highest BCUT2D eigenvalue weighted by atomic mass is 19.4. The molecule has 1 aliphatic rings. The number of piperazine rings is 1. The van der Waals surface area contributed by atoms with E-state index in [1.165, 1.54) is 12.1 Å². The topological polar surface area (TPSA) is 42.9 Å². The first kappa shape index (κ1) is 21.3. The van der Waals surface area contributed by atoms with Gasteiger partial charge in [-0.3, -0.25) is 4.99 Å². The smallest absolute Gasteiger partial charge is 0.369 e. The molecule has 0 amide bonds. The maximum Gasteiger partial charge on any atom is 0.416 e. The van der Waals surface area contributed by atoms with Gasteiger partial charge < -0.3 is 20.4 Å². The largest absolute Gasteiger partial charge is 0.416 e. The third-order valence-corrected chi connectivity index (χ3v) is 4.74. The standard InChI is InChI=1S/C19H30F3N5/c1-4-5-8-24-18(23-2)25-14-15-13-16(19(20,21)22)6-7-17(15)27-11-9-26(3)10-12-27/h6-7,13H,4-5,8-12,14H2,1-3H3,(H2,23,24,25). The van der Waals surface area contributed by atoms with Crippen LogP contribution >= 0.6 is 0 Å². The highest BCUT2D eigenvalue weighted by Crippen LogP contribution is 2.33. The van der Waals surface area contributed by atoms with Gasteiger partial charge in [0, 0.05) is 52.0 Å². The number of anilines is 1. The minimum atomic E-state index is -4.35. The van der Waals surface area contributed by atoms with Crippen molar-refractivity contribution in [2.45, 2.75) is 32.5 Å². The summed E-state index contributed by atoms with van der Waals surface area (Å²) in [7, 11) is 3.72. The van der Waals surface area contributed by atoms with E-state index in [-0.39, 0.29) is 6.54 Å². The summed E-state index contributed by atoms with van der Waals surface area (Å²) in [5.74, 6) is 0.602. The summed E-state index contributed by atoms with van der Waals surface area (Å²) in [5, 5.41) is 6.33. The predicted octanol–water partition coefficient (Wildman–Crippen LogP) is 2.92. The summed E-state index contributed by atoms with van der Waals surface area (Å²) in [5.41, 5.74) is 0.867. The Bertz CT molecular complexity index is 622. The van der Waals surface area contributed by atoms with Gasteiger partial charge in [-0.2, -0.15) is 13.2 Å². The summed E-state index contributed by atoms with van der Waals surface area (Å²) in [4.78, 5) is 8.53. The van der Waals surface area contributed by atoms with Gasteiger partial charge in [0.05, 0.1) is 5.56 Å². The number of guanidine groups is 1. The van der Waals surface area contributed by atoms with E-state index < -0.39 is 11.7 Å². The zero-order valence-electron chi connectivity index (χ0n) is 16.4. The number of nitrogens with one attached hydrogen (secondary N) is 2. The lowest BCUT2D eigenvalue weighted by Gasteiger charge is -2.35. The molecular weight excluding hydrogens is 355 g/mol. The molecule has 1 aromatic carbocycles. The van der Waals surface area contributed by atoms with E-state index in [1.54, 1.807) is 13.1 Å². The van der Waals surface area contributed by atoms with Gasteiger partial charge in [-0.1, -0.05) is 13.3 Å². The van der Waals surface area contributed by atoms with Crippen molar-refractivity contribution in [1.29, 1.82) is 0 Å². The Kier molecular flexibility index (Phi) is 7.77. The molecule has 5 nitrogen and oxygen atoms in total. The van der Waals surface area contributed by atoms with E-state index in [0.717, 1.165) is 51.3 Å². The number of halogens is 3. The van der Waals surface area contributed by atoms with E-state index in [4.69, 9.17) is 0 Å². The van der Waals surface area contributed by atoms with Crippen molar-refractivity contribution in [1.82, 2.24) is 15.5 Å². The highest BCUT2D eigenvalue weighted by Gasteiger charge is 2.31. The zero-order chi connectivity index (χ0) is 19.9. The summed E-state index contributed by atoms with van der Waals surface area (Å²) in [6.07, 6.45) is -2.28. The number of likely N-dealkylation sites (N-methyl/N-ethyl adjacent to an activating group) is 1. The number of benzene rings is 1. The van der Waals surface area contributed by atoms with Gasteiger partial charge in [-0.05, 0) is 37.2 Å². The van der Waals surface area contributed by atoms with Gasteiger partial charge in [0.25, 0.3) is 0 Å². The average molecular weight is 385 g/mol. The van der Waals surface area contributed by atoms with E-state index in [9.17, 15) is 13.2 Å². The molecular formula is C19H30F3N5. The molecule has 1 saturated heterocycles. The Labute approximate surface area is 159 Å². The molecule has 0 aliphatic carbocycles. The number of unbranched alkanes of at least 4 members (excludes halogenated alkanes) is 1.